The van der Waals surface area contributed by atoms with E-state index in [0.29, 0.717) is 14.4 Å². The number of halogens is 2. The molecule has 1 rings (SSSR count). The Kier molecular flexibility index (Phi) is 5.34. The molecule has 0 aliphatic heterocycles. The summed E-state index contributed by atoms with van der Waals surface area (Å²) in [5, 5.41) is 9.58. The van der Waals surface area contributed by atoms with Crippen molar-refractivity contribution in [3.05, 3.63) is 28.2 Å². The highest BCUT2D eigenvalue weighted by atomic mass is 35.5. The first kappa shape index (κ1) is 12.7. The molecule has 0 radical (unpaired) electrons. The summed E-state index contributed by atoms with van der Waals surface area (Å²) in [5.41, 5.74) is 0. The Balaban J connectivity index is 2.99. The summed E-state index contributed by atoms with van der Waals surface area (Å²) in [7, 11) is 0. The van der Waals surface area contributed by atoms with Crippen LogP contribution in [0.5, 0.6) is 0 Å². The largest absolute Gasteiger partial charge is 0.207 e. The van der Waals surface area contributed by atoms with Crippen molar-refractivity contribution >= 4 is 51.1 Å². The maximum Gasteiger partial charge on any atom is 0.207 e. The predicted octanol–water partition coefficient (Wildman–Crippen LogP) is 4.29. The molecule has 0 aromatic heterocycles. The third-order valence-corrected chi connectivity index (χ3v) is 4.38. The lowest BCUT2D eigenvalue weighted by molar-refractivity contribution is 1.45. The van der Waals surface area contributed by atoms with E-state index in [1.807, 2.05) is 6.26 Å². The van der Waals surface area contributed by atoms with Crippen LogP contribution in [-0.4, -0.2) is 10.6 Å². The summed E-state index contributed by atoms with van der Waals surface area (Å²) in [6, 6.07) is 5.27. The van der Waals surface area contributed by atoms with Gasteiger partial charge in [-0.3, -0.25) is 0 Å². The zero-order valence-corrected chi connectivity index (χ0v) is 10.8. The van der Waals surface area contributed by atoms with E-state index in [1.54, 1.807) is 24.4 Å². The highest BCUT2D eigenvalue weighted by Crippen LogP contribution is 2.36. The number of hydrogen-bond donors (Lipinski definition) is 0. The minimum atomic E-state index is 0.562. The maximum atomic E-state index is 8.45. The first-order valence-electron chi connectivity index (χ1n) is 3.81. The van der Waals surface area contributed by atoms with Crippen molar-refractivity contribution in [2.75, 3.05) is 6.26 Å². The van der Waals surface area contributed by atoms with E-state index in [9.17, 15) is 0 Å². The van der Waals surface area contributed by atoms with Crippen LogP contribution < -0.4 is 0 Å². The Morgan fingerprint density at radius 3 is 2.47 bits per heavy atom. The van der Waals surface area contributed by atoms with Gasteiger partial charge in [0.15, 0.2) is 0 Å². The summed E-state index contributed by atoms with van der Waals surface area (Å²) >= 11 is 14.6. The lowest BCUT2D eigenvalue weighted by Gasteiger charge is -2.05. The molecule has 0 amide bonds. The van der Waals surface area contributed by atoms with Crippen molar-refractivity contribution < 1.29 is 0 Å². The summed E-state index contributed by atoms with van der Waals surface area (Å²) in [5.74, 6) is 0. The molecule has 1 aromatic rings. The van der Waals surface area contributed by atoms with Crippen molar-refractivity contribution in [2.24, 2.45) is 4.99 Å². The normalized spacial score (nSPS) is 11.2. The molecule has 0 atom stereocenters. The molecule has 0 aliphatic carbocycles. The number of thioether (sulfide) groups is 2. The smallest absolute Gasteiger partial charge is 0.170 e. The summed E-state index contributed by atoms with van der Waals surface area (Å²) in [6.45, 7) is 0. The van der Waals surface area contributed by atoms with E-state index in [1.165, 1.54) is 23.5 Å². The van der Waals surface area contributed by atoms with Gasteiger partial charge in [-0.15, -0.1) is 11.8 Å². The van der Waals surface area contributed by atoms with Gasteiger partial charge >= 0.3 is 0 Å². The minimum Gasteiger partial charge on any atom is -0.170 e. The Hall–Kier alpha value is -0.340. The fourth-order valence-electron chi connectivity index (χ4n) is 0.818. The van der Waals surface area contributed by atoms with Crippen LogP contribution >= 0.6 is 46.7 Å². The average Bonchev–Trinajstić information content (AvgIpc) is 2.22. The molecule has 2 nitrogen and oxygen atoms in total. The number of rotatable bonds is 1. The van der Waals surface area contributed by atoms with Crippen LogP contribution in [0.15, 0.2) is 28.1 Å². The molecule has 0 saturated heterocycles. The summed E-state index contributed by atoms with van der Waals surface area (Å²) in [6.07, 6.45) is 3.58. The van der Waals surface area contributed by atoms with Crippen molar-refractivity contribution in [1.82, 2.24) is 0 Å². The van der Waals surface area contributed by atoms with Gasteiger partial charge in [0.1, 0.15) is 4.38 Å². The molecule has 0 spiro atoms. The molecular weight excluding hydrogens is 271 g/mol. The fourth-order valence-corrected chi connectivity index (χ4v) is 2.75. The molecular formula is C9H6Cl2N2S2. The highest BCUT2D eigenvalue weighted by Gasteiger charge is 2.09. The molecule has 0 unspecified atom stereocenters. The SMILES string of the molecule is CSC(=NC#N)Sc1c(Cl)cccc1Cl. The van der Waals surface area contributed by atoms with Crippen molar-refractivity contribution in [2.45, 2.75) is 4.90 Å². The monoisotopic (exact) mass is 276 g/mol. The predicted molar refractivity (Wildman–Crippen MR) is 68.9 cm³/mol. The van der Waals surface area contributed by atoms with E-state index < -0.39 is 0 Å². The van der Waals surface area contributed by atoms with Crippen LogP contribution in [0.2, 0.25) is 10.0 Å². The lowest BCUT2D eigenvalue weighted by atomic mass is 10.4. The van der Waals surface area contributed by atoms with Gasteiger partial charge in [0.2, 0.25) is 6.19 Å². The van der Waals surface area contributed by atoms with Crippen LogP contribution in [0.1, 0.15) is 0 Å². The molecule has 0 saturated carbocycles. The minimum absolute atomic E-state index is 0.562. The van der Waals surface area contributed by atoms with Crippen LogP contribution in [0.25, 0.3) is 0 Å². The Morgan fingerprint density at radius 1 is 1.40 bits per heavy atom. The summed E-state index contributed by atoms with van der Waals surface area (Å²) < 4.78 is 0.618. The molecule has 0 aliphatic rings. The number of nitriles is 1. The summed E-state index contributed by atoms with van der Waals surface area (Å²) in [4.78, 5) is 4.38. The van der Waals surface area contributed by atoms with Gasteiger partial charge in [-0.1, -0.05) is 41.0 Å². The van der Waals surface area contributed by atoms with Gasteiger partial charge in [-0.2, -0.15) is 10.3 Å². The second-order valence-electron chi connectivity index (χ2n) is 2.33. The quantitative estimate of drug-likeness (QED) is 0.332. The second-order valence-corrected chi connectivity index (χ2v) is 5.20. The Bertz CT molecular complexity index is 406. The van der Waals surface area contributed by atoms with E-state index in [2.05, 4.69) is 4.99 Å². The van der Waals surface area contributed by atoms with E-state index in [-0.39, 0.29) is 0 Å². The van der Waals surface area contributed by atoms with E-state index >= 15 is 0 Å². The molecule has 0 fully saturated rings. The highest BCUT2D eigenvalue weighted by molar-refractivity contribution is 8.38. The molecule has 78 valence electrons. The van der Waals surface area contributed by atoms with Gasteiger partial charge in [0, 0.05) is 0 Å². The molecule has 1 aromatic carbocycles. The first-order chi connectivity index (χ1) is 7.19. The average molecular weight is 277 g/mol. The van der Waals surface area contributed by atoms with Crippen LogP contribution in [0.4, 0.5) is 0 Å². The topological polar surface area (TPSA) is 36.1 Å². The second kappa shape index (κ2) is 6.29. The van der Waals surface area contributed by atoms with Crippen molar-refractivity contribution in [1.29, 1.82) is 5.26 Å². The Morgan fingerprint density at radius 2 is 2.00 bits per heavy atom. The molecule has 0 heterocycles. The van der Waals surface area contributed by atoms with Gasteiger partial charge < -0.3 is 0 Å². The number of hydrogen-bond acceptors (Lipinski definition) is 4. The fraction of sp³-hybridized carbons (Fsp3) is 0.111. The Labute approximate surface area is 107 Å². The lowest BCUT2D eigenvalue weighted by Crippen LogP contribution is -1.85. The standard InChI is InChI=1S/C9H6Cl2N2S2/c1-14-9(13-5-12)15-8-6(10)3-2-4-7(8)11/h2-4H,1H3. The zero-order chi connectivity index (χ0) is 11.3. The van der Waals surface area contributed by atoms with Gasteiger partial charge in [0.25, 0.3) is 0 Å². The van der Waals surface area contributed by atoms with E-state index in [4.69, 9.17) is 28.5 Å². The van der Waals surface area contributed by atoms with Crippen LogP contribution in [0.3, 0.4) is 0 Å². The van der Waals surface area contributed by atoms with Crippen LogP contribution in [0, 0.1) is 11.5 Å². The van der Waals surface area contributed by atoms with Crippen LogP contribution in [-0.2, 0) is 0 Å². The molecule has 6 heteroatoms. The van der Waals surface area contributed by atoms with Gasteiger partial charge in [-0.05, 0) is 18.4 Å². The number of aliphatic imine (C=N–C) groups is 1. The van der Waals surface area contributed by atoms with Crippen molar-refractivity contribution in [3.8, 4) is 6.19 Å². The van der Waals surface area contributed by atoms with Gasteiger partial charge in [-0.25, -0.2) is 0 Å². The van der Waals surface area contributed by atoms with Gasteiger partial charge in [0.05, 0.1) is 14.9 Å². The van der Waals surface area contributed by atoms with E-state index in [0.717, 1.165) is 4.90 Å². The number of benzene rings is 1. The number of nitrogens with zero attached hydrogens (tertiary/aromatic N) is 2. The molecule has 15 heavy (non-hydrogen) atoms. The first-order valence-corrected chi connectivity index (χ1v) is 6.61. The molecule has 0 bridgehead atoms. The van der Waals surface area contributed by atoms with Crippen molar-refractivity contribution in [3.63, 3.8) is 0 Å². The third-order valence-electron chi connectivity index (χ3n) is 1.42. The molecule has 0 N–H and O–H groups in total. The maximum absolute atomic E-state index is 8.45. The third kappa shape index (κ3) is 3.62. The zero-order valence-electron chi connectivity index (χ0n) is 7.70.